The zero-order valence-corrected chi connectivity index (χ0v) is 23.9. The second-order valence-corrected chi connectivity index (χ2v) is 10.7. The number of carbonyl (C=O) groups is 2. The van der Waals surface area contributed by atoms with E-state index in [2.05, 4.69) is 10.3 Å². The number of nitrogens with zero attached hydrogens (tertiary/aromatic N) is 1. The third-order valence-electron chi connectivity index (χ3n) is 8.11. The zero-order chi connectivity index (χ0) is 29.1. The monoisotopic (exact) mass is 569 g/mol. The van der Waals surface area contributed by atoms with E-state index < -0.39 is 6.04 Å². The minimum atomic E-state index is -1.02. The molecule has 0 bridgehead atoms. The molecule has 1 atom stereocenters. The van der Waals surface area contributed by atoms with E-state index in [0.29, 0.717) is 34.2 Å². The molecule has 9 nitrogen and oxygen atoms in total. The van der Waals surface area contributed by atoms with E-state index in [1.54, 1.807) is 55.5 Å². The first-order valence-corrected chi connectivity index (χ1v) is 14.3. The molecule has 1 aliphatic carbocycles. The van der Waals surface area contributed by atoms with Gasteiger partial charge in [-0.25, -0.2) is 0 Å². The van der Waals surface area contributed by atoms with Crippen molar-refractivity contribution in [1.82, 2.24) is 10.3 Å². The highest BCUT2D eigenvalue weighted by molar-refractivity contribution is 6.04. The Hall–Kier alpha value is -4.66. The second-order valence-electron chi connectivity index (χ2n) is 10.7. The molecule has 9 heteroatoms. The normalized spacial score (nSPS) is 15.3. The maximum Gasteiger partial charge on any atom is 0.248 e. The Labute approximate surface area is 244 Å². The molecule has 1 unspecified atom stereocenters. The van der Waals surface area contributed by atoms with Crippen molar-refractivity contribution in [2.75, 3.05) is 25.9 Å². The van der Waals surface area contributed by atoms with Crippen molar-refractivity contribution in [2.24, 2.45) is 0 Å². The first kappa shape index (κ1) is 27.5. The van der Waals surface area contributed by atoms with Crippen LogP contribution in [0.5, 0.6) is 23.0 Å². The molecule has 0 saturated heterocycles. The number of fused-ring (bicyclic) bond motifs is 2. The van der Waals surface area contributed by atoms with Crippen LogP contribution in [0.4, 0.5) is 5.69 Å². The number of hydrogen-bond donors (Lipinski definition) is 2. The van der Waals surface area contributed by atoms with Crippen molar-refractivity contribution in [3.8, 4) is 23.0 Å². The lowest BCUT2D eigenvalue weighted by atomic mass is 9.94. The van der Waals surface area contributed by atoms with Gasteiger partial charge in [0, 0.05) is 46.5 Å². The summed E-state index contributed by atoms with van der Waals surface area (Å²) in [6.07, 6.45) is 7.03. The summed E-state index contributed by atoms with van der Waals surface area (Å²) in [5.41, 5.74) is 2.86. The number of methoxy groups -OCH3 is 2. The van der Waals surface area contributed by atoms with Gasteiger partial charge in [-0.3, -0.25) is 14.5 Å². The zero-order valence-electron chi connectivity index (χ0n) is 23.9. The minimum Gasteiger partial charge on any atom is -0.497 e. The van der Waals surface area contributed by atoms with Gasteiger partial charge < -0.3 is 29.2 Å². The lowest BCUT2D eigenvalue weighted by Gasteiger charge is -2.34. The molecule has 0 spiro atoms. The first-order chi connectivity index (χ1) is 20.6. The molecule has 4 aromatic rings. The van der Waals surface area contributed by atoms with Crippen molar-refractivity contribution in [2.45, 2.75) is 50.6 Å². The number of amides is 2. The standard InChI is InChI=1S/C33H35N3O6/c1-39-24-13-14-26(29(18-24)40-2)32(33(38)35-22-8-4-3-5-9-22)36(23-12-15-28-30(17-23)42-20-41-28)31(37)16-21-19-34-27-11-7-6-10-25(21)27/h6-7,10-15,17-19,22,32,34H,3-5,8-9,16,20H2,1-2H3,(H,35,38). The maximum atomic E-state index is 14.5. The van der Waals surface area contributed by atoms with E-state index >= 15 is 0 Å². The first-order valence-electron chi connectivity index (χ1n) is 14.3. The van der Waals surface area contributed by atoms with E-state index in [0.717, 1.165) is 48.6 Å². The highest BCUT2D eigenvalue weighted by atomic mass is 16.7. The number of carbonyl (C=O) groups excluding carboxylic acids is 2. The van der Waals surface area contributed by atoms with Crippen LogP contribution in [0, 0.1) is 0 Å². The largest absolute Gasteiger partial charge is 0.497 e. The topological polar surface area (TPSA) is 102 Å². The fourth-order valence-corrected chi connectivity index (χ4v) is 5.97. The maximum absolute atomic E-state index is 14.5. The van der Waals surface area contributed by atoms with Gasteiger partial charge in [0.05, 0.1) is 20.6 Å². The molecular formula is C33H35N3O6. The summed E-state index contributed by atoms with van der Waals surface area (Å²) in [6, 6.07) is 17.5. The quantitative estimate of drug-likeness (QED) is 0.269. The molecule has 1 aromatic heterocycles. The Bertz CT molecular complexity index is 1590. The molecule has 1 fully saturated rings. The van der Waals surface area contributed by atoms with Gasteiger partial charge in [-0.05, 0) is 48.7 Å². The van der Waals surface area contributed by atoms with Gasteiger partial charge in [-0.2, -0.15) is 0 Å². The number of aromatic amines is 1. The van der Waals surface area contributed by atoms with Crippen molar-refractivity contribution in [3.05, 3.63) is 78.0 Å². The fraction of sp³-hybridized carbons (Fsp3) is 0.333. The molecule has 2 aliphatic rings. The number of nitrogens with one attached hydrogen (secondary N) is 2. The summed E-state index contributed by atoms with van der Waals surface area (Å²) in [4.78, 5) is 33.6. The number of hydrogen-bond acceptors (Lipinski definition) is 6. The van der Waals surface area contributed by atoms with Gasteiger partial charge in [0.25, 0.3) is 0 Å². The number of aromatic nitrogens is 1. The van der Waals surface area contributed by atoms with Crippen LogP contribution in [-0.2, 0) is 16.0 Å². The summed E-state index contributed by atoms with van der Waals surface area (Å²) >= 11 is 0. The summed E-state index contributed by atoms with van der Waals surface area (Å²) in [6.45, 7) is 0.0972. The van der Waals surface area contributed by atoms with Gasteiger partial charge in [0.1, 0.15) is 17.5 Å². The van der Waals surface area contributed by atoms with Crippen LogP contribution in [-0.4, -0.2) is 43.9 Å². The highest BCUT2D eigenvalue weighted by Crippen LogP contribution is 2.41. The van der Waals surface area contributed by atoms with Gasteiger partial charge >= 0.3 is 0 Å². The predicted molar refractivity (Wildman–Crippen MR) is 159 cm³/mol. The second kappa shape index (κ2) is 12.1. The molecule has 2 amide bonds. The minimum absolute atomic E-state index is 0.0420. The number of anilines is 1. The van der Waals surface area contributed by atoms with Crippen molar-refractivity contribution < 1.29 is 28.5 Å². The Morgan fingerprint density at radius 1 is 0.976 bits per heavy atom. The Morgan fingerprint density at radius 2 is 1.79 bits per heavy atom. The van der Waals surface area contributed by atoms with Crippen molar-refractivity contribution in [3.63, 3.8) is 0 Å². The van der Waals surface area contributed by atoms with Crippen LogP contribution in [0.2, 0.25) is 0 Å². The highest BCUT2D eigenvalue weighted by Gasteiger charge is 2.37. The number of para-hydroxylation sites is 1. The molecule has 1 saturated carbocycles. The van der Waals surface area contributed by atoms with Crippen LogP contribution < -0.4 is 29.2 Å². The van der Waals surface area contributed by atoms with Crippen LogP contribution in [0.15, 0.2) is 66.9 Å². The number of benzene rings is 3. The lowest BCUT2D eigenvalue weighted by molar-refractivity contribution is -0.127. The molecule has 2 heterocycles. The molecule has 3 aromatic carbocycles. The van der Waals surface area contributed by atoms with Gasteiger partial charge in [0.2, 0.25) is 18.6 Å². The Kier molecular flexibility index (Phi) is 7.90. The molecule has 0 radical (unpaired) electrons. The number of ether oxygens (including phenoxy) is 4. The van der Waals surface area contributed by atoms with Crippen molar-refractivity contribution >= 4 is 28.4 Å². The van der Waals surface area contributed by atoms with E-state index in [-0.39, 0.29) is 31.1 Å². The molecule has 218 valence electrons. The molecule has 6 rings (SSSR count). The third-order valence-corrected chi connectivity index (χ3v) is 8.11. The van der Waals surface area contributed by atoms with E-state index in [4.69, 9.17) is 18.9 Å². The SMILES string of the molecule is COc1ccc(C(C(=O)NC2CCCCC2)N(C(=O)Cc2c[nH]c3ccccc23)c2ccc3c(c2)OCO3)c(OC)c1. The average molecular weight is 570 g/mol. The van der Waals surface area contributed by atoms with Gasteiger partial charge in [0.15, 0.2) is 11.5 Å². The summed E-state index contributed by atoms with van der Waals surface area (Å²) in [5, 5.41) is 4.22. The molecular weight excluding hydrogens is 534 g/mol. The molecule has 42 heavy (non-hydrogen) atoms. The fourth-order valence-electron chi connectivity index (χ4n) is 5.97. The number of H-pyrrole nitrogens is 1. The van der Waals surface area contributed by atoms with Crippen LogP contribution in [0.3, 0.4) is 0 Å². The summed E-state index contributed by atoms with van der Waals surface area (Å²) in [7, 11) is 3.12. The van der Waals surface area contributed by atoms with Crippen molar-refractivity contribution in [1.29, 1.82) is 0 Å². The summed E-state index contributed by atoms with van der Waals surface area (Å²) < 4.78 is 22.4. The molecule has 1 aliphatic heterocycles. The van der Waals surface area contributed by atoms with Crippen LogP contribution >= 0.6 is 0 Å². The van der Waals surface area contributed by atoms with Crippen LogP contribution in [0.25, 0.3) is 10.9 Å². The predicted octanol–water partition coefficient (Wildman–Crippen LogP) is 5.68. The third kappa shape index (κ3) is 5.46. The van der Waals surface area contributed by atoms with E-state index in [1.807, 2.05) is 30.5 Å². The van der Waals surface area contributed by atoms with Crippen LogP contribution in [0.1, 0.15) is 49.3 Å². The Morgan fingerprint density at radius 3 is 2.60 bits per heavy atom. The van der Waals surface area contributed by atoms with E-state index in [9.17, 15) is 9.59 Å². The molecule has 2 N–H and O–H groups in total. The van der Waals surface area contributed by atoms with Gasteiger partial charge in [-0.1, -0.05) is 37.5 Å². The average Bonchev–Trinajstić information content (AvgIpc) is 3.66. The number of rotatable bonds is 9. The lowest BCUT2D eigenvalue weighted by Crippen LogP contribution is -2.47. The summed E-state index contributed by atoms with van der Waals surface area (Å²) in [5.74, 6) is 1.62. The van der Waals surface area contributed by atoms with Gasteiger partial charge in [-0.15, -0.1) is 0 Å². The Balaban J connectivity index is 1.46. The van der Waals surface area contributed by atoms with E-state index in [1.165, 1.54) is 0 Å². The smallest absolute Gasteiger partial charge is 0.248 e.